The summed E-state index contributed by atoms with van der Waals surface area (Å²) in [6.45, 7) is 3.96. The average molecular weight is 294 g/mol. The molecule has 0 aliphatic carbocycles. The SMILES string of the molecule is CCOC(=O)CN(CC)C(=O)Cc1cccc([N+](=O)[O-])c1. The number of hydrogen-bond acceptors (Lipinski definition) is 5. The van der Waals surface area contributed by atoms with Crippen molar-refractivity contribution >= 4 is 17.6 Å². The molecule has 0 radical (unpaired) electrons. The normalized spacial score (nSPS) is 10.0. The van der Waals surface area contributed by atoms with Gasteiger partial charge in [-0.15, -0.1) is 0 Å². The lowest BCUT2D eigenvalue weighted by atomic mass is 10.1. The summed E-state index contributed by atoms with van der Waals surface area (Å²) in [7, 11) is 0. The van der Waals surface area contributed by atoms with Crippen LogP contribution >= 0.6 is 0 Å². The standard InChI is InChI=1S/C14H18N2O5/c1-3-15(10-14(18)21-4-2)13(17)9-11-6-5-7-12(8-11)16(19)20/h5-8H,3-4,9-10H2,1-2H3. The maximum Gasteiger partial charge on any atom is 0.325 e. The third kappa shape index (κ3) is 5.21. The van der Waals surface area contributed by atoms with Crippen molar-refractivity contribution in [3.8, 4) is 0 Å². The predicted molar refractivity (Wildman–Crippen MR) is 75.7 cm³/mol. The van der Waals surface area contributed by atoms with Crippen molar-refractivity contribution in [2.24, 2.45) is 0 Å². The van der Waals surface area contributed by atoms with E-state index in [1.807, 2.05) is 0 Å². The first kappa shape index (κ1) is 16.6. The first-order valence-electron chi connectivity index (χ1n) is 6.64. The minimum Gasteiger partial charge on any atom is -0.465 e. The van der Waals surface area contributed by atoms with Gasteiger partial charge in [-0.05, 0) is 19.4 Å². The van der Waals surface area contributed by atoms with Gasteiger partial charge in [0.1, 0.15) is 6.54 Å². The van der Waals surface area contributed by atoms with E-state index in [1.54, 1.807) is 19.9 Å². The van der Waals surface area contributed by atoms with Crippen molar-refractivity contribution < 1.29 is 19.2 Å². The van der Waals surface area contributed by atoms with E-state index in [4.69, 9.17) is 4.74 Å². The van der Waals surface area contributed by atoms with Crippen molar-refractivity contribution in [1.29, 1.82) is 0 Å². The third-order valence-electron chi connectivity index (χ3n) is 2.84. The number of benzene rings is 1. The molecule has 114 valence electrons. The largest absolute Gasteiger partial charge is 0.465 e. The molecule has 0 heterocycles. The quantitative estimate of drug-likeness (QED) is 0.432. The predicted octanol–water partition coefficient (Wildman–Crippen LogP) is 1.55. The number of nitrogens with zero attached hydrogens (tertiary/aromatic N) is 2. The topological polar surface area (TPSA) is 89.8 Å². The van der Waals surface area contributed by atoms with Crippen LogP contribution in [0, 0.1) is 10.1 Å². The number of hydrogen-bond donors (Lipinski definition) is 0. The highest BCUT2D eigenvalue weighted by atomic mass is 16.6. The van der Waals surface area contributed by atoms with Crippen LogP contribution in [0.3, 0.4) is 0 Å². The Morgan fingerprint density at radius 2 is 2.05 bits per heavy atom. The van der Waals surface area contributed by atoms with Crippen LogP contribution in [0.5, 0.6) is 0 Å². The van der Waals surface area contributed by atoms with Gasteiger partial charge in [-0.25, -0.2) is 0 Å². The molecule has 0 saturated heterocycles. The number of carbonyl (C=O) groups is 2. The second kappa shape index (κ2) is 7.98. The summed E-state index contributed by atoms with van der Waals surface area (Å²) in [5, 5.41) is 10.7. The smallest absolute Gasteiger partial charge is 0.325 e. The van der Waals surface area contributed by atoms with Crippen LogP contribution in [0.1, 0.15) is 19.4 Å². The molecule has 0 unspecified atom stereocenters. The molecule has 7 nitrogen and oxygen atoms in total. The van der Waals surface area contributed by atoms with Gasteiger partial charge < -0.3 is 9.64 Å². The van der Waals surface area contributed by atoms with E-state index >= 15 is 0 Å². The minimum atomic E-state index is -0.510. The van der Waals surface area contributed by atoms with Gasteiger partial charge in [0.05, 0.1) is 18.0 Å². The second-order valence-electron chi connectivity index (χ2n) is 4.32. The van der Waals surface area contributed by atoms with Crippen LogP contribution in [0.2, 0.25) is 0 Å². The zero-order valence-corrected chi connectivity index (χ0v) is 12.1. The van der Waals surface area contributed by atoms with Gasteiger partial charge in [0.25, 0.3) is 5.69 Å². The van der Waals surface area contributed by atoms with Crippen molar-refractivity contribution in [2.45, 2.75) is 20.3 Å². The molecule has 7 heteroatoms. The molecule has 0 aliphatic heterocycles. The number of non-ortho nitro benzene ring substituents is 1. The molecule has 0 bridgehead atoms. The van der Waals surface area contributed by atoms with E-state index in [0.717, 1.165) is 0 Å². The van der Waals surface area contributed by atoms with E-state index in [-0.39, 0.29) is 31.2 Å². The molecule has 1 rings (SSSR count). The van der Waals surface area contributed by atoms with Gasteiger partial charge in [-0.3, -0.25) is 19.7 Å². The first-order chi connectivity index (χ1) is 9.97. The number of nitro benzene ring substituents is 1. The van der Waals surface area contributed by atoms with Crippen LogP contribution in [0.15, 0.2) is 24.3 Å². The first-order valence-corrected chi connectivity index (χ1v) is 6.64. The van der Waals surface area contributed by atoms with Crippen LogP contribution in [0.4, 0.5) is 5.69 Å². The van der Waals surface area contributed by atoms with E-state index in [0.29, 0.717) is 12.1 Å². The summed E-state index contributed by atoms with van der Waals surface area (Å²) >= 11 is 0. The molecule has 0 saturated carbocycles. The maximum atomic E-state index is 12.1. The van der Waals surface area contributed by atoms with Gasteiger partial charge in [-0.2, -0.15) is 0 Å². The zero-order valence-electron chi connectivity index (χ0n) is 12.1. The number of likely N-dealkylation sites (N-methyl/N-ethyl adjacent to an activating group) is 1. The van der Waals surface area contributed by atoms with Crippen LogP contribution in [-0.2, 0) is 20.7 Å². The van der Waals surface area contributed by atoms with Crippen LogP contribution in [0.25, 0.3) is 0 Å². The Labute approximate surface area is 122 Å². The fourth-order valence-corrected chi connectivity index (χ4v) is 1.81. The number of ether oxygens (including phenoxy) is 1. The lowest BCUT2D eigenvalue weighted by molar-refractivity contribution is -0.384. The molecule has 21 heavy (non-hydrogen) atoms. The van der Waals surface area contributed by atoms with Crippen molar-refractivity contribution in [2.75, 3.05) is 19.7 Å². The van der Waals surface area contributed by atoms with Crippen LogP contribution < -0.4 is 0 Å². The number of rotatable bonds is 7. The molecule has 0 aromatic heterocycles. The fourth-order valence-electron chi connectivity index (χ4n) is 1.81. The van der Waals surface area contributed by atoms with Gasteiger partial charge in [0, 0.05) is 18.7 Å². The Bertz CT molecular complexity index is 530. The van der Waals surface area contributed by atoms with Gasteiger partial charge in [0.15, 0.2) is 0 Å². The van der Waals surface area contributed by atoms with Gasteiger partial charge in [-0.1, -0.05) is 12.1 Å². The summed E-state index contributed by atoms with van der Waals surface area (Å²) in [6, 6.07) is 5.89. The highest BCUT2D eigenvalue weighted by Crippen LogP contribution is 2.14. The molecule has 1 amide bonds. The summed E-state index contributed by atoms with van der Waals surface area (Å²) in [4.78, 5) is 35.1. The molecule has 0 N–H and O–H groups in total. The Morgan fingerprint density at radius 1 is 1.33 bits per heavy atom. The molecular formula is C14H18N2O5. The number of carbonyl (C=O) groups excluding carboxylic acids is 2. The van der Waals surface area contributed by atoms with Crippen molar-refractivity contribution in [1.82, 2.24) is 4.90 Å². The summed E-state index contributed by atoms with van der Waals surface area (Å²) in [5.74, 6) is -0.738. The lowest BCUT2D eigenvalue weighted by Crippen LogP contribution is -2.37. The molecule has 0 fully saturated rings. The number of esters is 1. The Morgan fingerprint density at radius 3 is 2.62 bits per heavy atom. The molecule has 1 aromatic rings. The summed E-state index contributed by atoms with van der Waals surface area (Å²) in [5.41, 5.74) is 0.477. The Kier molecular flexibility index (Phi) is 6.32. The van der Waals surface area contributed by atoms with E-state index in [9.17, 15) is 19.7 Å². The number of nitro groups is 1. The highest BCUT2D eigenvalue weighted by molar-refractivity contribution is 5.83. The summed E-state index contributed by atoms with van der Waals surface area (Å²) in [6.07, 6.45) is 0.00885. The molecule has 0 atom stereocenters. The lowest BCUT2D eigenvalue weighted by Gasteiger charge is -2.19. The van der Waals surface area contributed by atoms with Gasteiger partial charge >= 0.3 is 5.97 Å². The molecule has 1 aromatic carbocycles. The Balaban J connectivity index is 2.71. The monoisotopic (exact) mass is 294 g/mol. The molecular weight excluding hydrogens is 276 g/mol. The third-order valence-corrected chi connectivity index (χ3v) is 2.84. The zero-order chi connectivity index (χ0) is 15.8. The summed E-state index contributed by atoms with van der Waals surface area (Å²) < 4.78 is 4.80. The second-order valence-corrected chi connectivity index (χ2v) is 4.32. The van der Waals surface area contributed by atoms with Crippen molar-refractivity contribution in [3.05, 3.63) is 39.9 Å². The van der Waals surface area contributed by atoms with E-state index < -0.39 is 10.9 Å². The highest BCUT2D eigenvalue weighted by Gasteiger charge is 2.17. The van der Waals surface area contributed by atoms with E-state index in [2.05, 4.69) is 0 Å². The fraction of sp³-hybridized carbons (Fsp3) is 0.429. The maximum absolute atomic E-state index is 12.1. The molecule has 0 aliphatic rings. The average Bonchev–Trinajstić information content (AvgIpc) is 2.45. The van der Waals surface area contributed by atoms with Gasteiger partial charge in [0.2, 0.25) is 5.91 Å². The van der Waals surface area contributed by atoms with E-state index in [1.165, 1.54) is 23.1 Å². The minimum absolute atomic E-state index is 0.00885. The van der Waals surface area contributed by atoms with Crippen LogP contribution in [-0.4, -0.2) is 41.4 Å². The number of amides is 1. The van der Waals surface area contributed by atoms with Crippen molar-refractivity contribution in [3.63, 3.8) is 0 Å². The molecule has 0 spiro atoms. The Hall–Kier alpha value is -2.44.